The molecule has 1 aromatic rings. The molecule has 0 aliphatic carbocycles. The van der Waals surface area contributed by atoms with E-state index in [-0.39, 0.29) is 0 Å². The van der Waals surface area contributed by atoms with Gasteiger partial charge in [0.25, 0.3) is 0 Å². The molecule has 2 rings (SSSR count). The van der Waals surface area contributed by atoms with Crippen molar-refractivity contribution in [1.82, 2.24) is 5.32 Å². The molecule has 0 amide bonds. The number of rotatable bonds is 2. The fourth-order valence-corrected chi connectivity index (χ4v) is 2.59. The molecule has 1 heterocycles. The number of hydrogen-bond donors (Lipinski definition) is 1. The molecule has 1 saturated heterocycles. The number of allylic oxidation sites excluding steroid dienone is 2. The zero-order chi connectivity index (χ0) is 12.1. The van der Waals surface area contributed by atoms with Gasteiger partial charge >= 0.3 is 0 Å². The summed E-state index contributed by atoms with van der Waals surface area (Å²) in [5.41, 5.74) is 4.39. The van der Waals surface area contributed by atoms with E-state index in [1.165, 1.54) is 16.7 Å². The predicted octanol–water partition coefficient (Wildman–Crippen LogP) is 3.48. The van der Waals surface area contributed by atoms with E-state index in [9.17, 15) is 0 Å². The molecule has 17 heavy (non-hydrogen) atoms. The van der Waals surface area contributed by atoms with Crippen LogP contribution in [-0.4, -0.2) is 12.6 Å². The minimum absolute atomic E-state index is 0.474. The normalized spacial score (nSPS) is 25.4. The highest BCUT2D eigenvalue weighted by atomic mass is 14.9. The molecule has 1 nitrogen and oxygen atoms in total. The molecule has 1 aliphatic rings. The molecule has 1 heteroatoms. The van der Waals surface area contributed by atoms with Gasteiger partial charge in [-0.3, -0.25) is 0 Å². The maximum Gasteiger partial charge on any atom is 0.0360 e. The predicted molar refractivity (Wildman–Crippen MR) is 74.1 cm³/mol. The monoisotopic (exact) mass is 227 g/mol. The van der Waals surface area contributed by atoms with E-state index in [2.05, 4.69) is 61.6 Å². The third kappa shape index (κ3) is 2.86. The van der Waals surface area contributed by atoms with Crippen LogP contribution in [0.3, 0.4) is 0 Å². The molecule has 1 atom stereocenters. The summed E-state index contributed by atoms with van der Waals surface area (Å²) in [5, 5.41) is 3.62. The van der Waals surface area contributed by atoms with E-state index in [1.54, 1.807) is 0 Å². The van der Waals surface area contributed by atoms with E-state index >= 15 is 0 Å². The van der Waals surface area contributed by atoms with Gasteiger partial charge in [0.2, 0.25) is 0 Å². The van der Waals surface area contributed by atoms with E-state index in [4.69, 9.17) is 0 Å². The highest BCUT2D eigenvalue weighted by Crippen LogP contribution is 2.24. The molecule has 0 unspecified atom stereocenters. The Balaban J connectivity index is 2.15. The first-order valence-corrected chi connectivity index (χ1v) is 6.44. The molecule has 1 fully saturated rings. The summed E-state index contributed by atoms with van der Waals surface area (Å²) in [5.74, 6) is 0. The molecule has 0 bridgehead atoms. The number of hydrogen-bond acceptors (Lipinski definition) is 1. The van der Waals surface area contributed by atoms with Crippen molar-refractivity contribution in [3.8, 4) is 0 Å². The SMILES string of the molecule is C/C=C1/CCN[C@@H](Cc2ccccc2)/C1=C/C. The highest BCUT2D eigenvalue weighted by molar-refractivity contribution is 5.38. The van der Waals surface area contributed by atoms with Crippen LogP contribution in [0.25, 0.3) is 0 Å². The zero-order valence-corrected chi connectivity index (χ0v) is 10.7. The summed E-state index contributed by atoms with van der Waals surface area (Å²) in [4.78, 5) is 0. The van der Waals surface area contributed by atoms with Crippen molar-refractivity contribution < 1.29 is 0 Å². The fourth-order valence-electron chi connectivity index (χ4n) is 2.59. The summed E-state index contributed by atoms with van der Waals surface area (Å²) in [6.07, 6.45) is 6.75. The van der Waals surface area contributed by atoms with Gasteiger partial charge in [0.05, 0.1) is 0 Å². The highest BCUT2D eigenvalue weighted by Gasteiger charge is 2.20. The molecular formula is C16H21N. The minimum Gasteiger partial charge on any atom is -0.309 e. The lowest BCUT2D eigenvalue weighted by molar-refractivity contribution is 0.534. The molecule has 1 N–H and O–H groups in total. The largest absolute Gasteiger partial charge is 0.309 e. The van der Waals surface area contributed by atoms with Crippen LogP contribution in [0.2, 0.25) is 0 Å². The van der Waals surface area contributed by atoms with Crippen molar-refractivity contribution in [3.05, 3.63) is 59.2 Å². The Morgan fingerprint density at radius 1 is 1.18 bits per heavy atom. The van der Waals surface area contributed by atoms with Gasteiger partial charge < -0.3 is 5.32 Å². The third-order valence-corrected chi connectivity index (χ3v) is 3.47. The van der Waals surface area contributed by atoms with Gasteiger partial charge in [-0.2, -0.15) is 0 Å². The van der Waals surface area contributed by atoms with Crippen LogP contribution < -0.4 is 5.32 Å². The van der Waals surface area contributed by atoms with Crippen molar-refractivity contribution in [2.75, 3.05) is 6.54 Å². The smallest absolute Gasteiger partial charge is 0.0360 e. The van der Waals surface area contributed by atoms with Crippen molar-refractivity contribution >= 4 is 0 Å². The first-order valence-electron chi connectivity index (χ1n) is 6.44. The fraction of sp³-hybridized carbons (Fsp3) is 0.375. The van der Waals surface area contributed by atoms with Gasteiger partial charge in [0.15, 0.2) is 0 Å². The van der Waals surface area contributed by atoms with Gasteiger partial charge in [-0.05, 0) is 49.9 Å². The lowest BCUT2D eigenvalue weighted by Gasteiger charge is -2.29. The second kappa shape index (κ2) is 5.83. The Hall–Kier alpha value is -1.34. The molecule has 0 saturated carbocycles. The van der Waals surface area contributed by atoms with Crippen LogP contribution in [0.4, 0.5) is 0 Å². The maximum absolute atomic E-state index is 3.62. The van der Waals surface area contributed by atoms with E-state index in [1.807, 2.05) is 0 Å². The molecule has 1 aliphatic heterocycles. The minimum atomic E-state index is 0.474. The molecule has 90 valence electrons. The van der Waals surface area contributed by atoms with E-state index in [0.29, 0.717) is 6.04 Å². The van der Waals surface area contributed by atoms with Crippen LogP contribution >= 0.6 is 0 Å². The van der Waals surface area contributed by atoms with Crippen molar-refractivity contribution in [2.45, 2.75) is 32.7 Å². The van der Waals surface area contributed by atoms with Crippen LogP contribution in [0, 0.1) is 0 Å². The van der Waals surface area contributed by atoms with Crippen molar-refractivity contribution in [2.24, 2.45) is 0 Å². The Morgan fingerprint density at radius 2 is 1.94 bits per heavy atom. The summed E-state index contributed by atoms with van der Waals surface area (Å²) in [6.45, 7) is 5.38. The standard InChI is InChI=1S/C16H21N/c1-3-14-10-11-17-16(15(14)4-2)12-13-8-6-5-7-9-13/h3-9,16-17H,10-12H2,1-2H3/b14-3-,15-4+/t16-/m0/s1. The van der Waals surface area contributed by atoms with Gasteiger partial charge in [0.1, 0.15) is 0 Å². The van der Waals surface area contributed by atoms with Crippen molar-refractivity contribution in [1.29, 1.82) is 0 Å². The summed E-state index contributed by atoms with van der Waals surface area (Å²) in [6, 6.07) is 11.2. The van der Waals surface area contributed by atoms with Crippen LogP contribution in [0.15, 0.2) is 53.6 Å². The second-order valence-corrected chi connectivity index (χ2v) is 4.50. The summed E-state index contributed by atoms with van der Waals surface area (Å²) < 4.78 is 0. The summed E-state index contributed by atoms with van der Waals surface area (Å²) >= 11 is 0. The Bertz CT molecular complexity index is 414. The van der Waals surface area contributed by atoms with Gasteiger partial charge in [-0.15, -0.1) is 0 Å². The van der Waals surface area contributed by atoms with Gasteiger partial charge in [-0.25, -0.2) is 0 Å². The first kappa shape index (κ1) is 12.1. The van der Waals surface area contributed by atoms with Crippen LogP contribution in [-0.2, 0) is 6.42 Å². The summed E-state index contributed by atoms with van der Waals surface area (Å²) in [7, 11) is 0. The Kier molecular flexibility index (Phi) is 4.16. The van der Waals surface area contributed by atoms with Crippen LogP contribution in [0.1, 0.15) is 25.8 Å². The van der Waals surface area contributed by atoms with Gasteiger partial charge in [-0.1, -0.05) is 42.5 Å². The topological polar surface area (TPSA) is 12.0 Å². The first-order chi connectivity index (χ1) is 8.35. The van der Waals surface area contributed by atoms with Gasteiger partial charge in [0, 0.05) is 6.04 Å². The molecular weight excluding hydrogens is 206 g/mol. The third-order valence-electron chi connectivity index (χ3n) is 3.47. The van der Waals surface area contributed by atoms with E-state index in [0.717, 1.165) is 19.4 Å². The molecule has 1 aromatic carbocycles. The van der Waals surface area contributed by atoms with Crippen LogP contribution in [0.5, 0.6) is 0 Å². The quantitative estimate of drug-likeness (QED) is 0.815. The molecule has 0 spiro atoms. The second-order valence-electron chi connectivity index (χ2n) is 4.50. The molecule has 0 aromatic heterocycles. The van der Waals surface area contributed by atoms with Crippen molar-refractivity contribution in [3.63, 3.8) is 0 Å². The Morgan fingerprint density at radius 3 is 2.59 bits per heavy atom. The lowest BCUT2D eigenvalue weighted by atomic mass is 9.88. The van der Waals surface area contributed by atoms with E-state index < -0.39 is 0 Å². The Labute approximate surface area is 104 Å². The number of benzene rings is 1. The average Bonchev–Trinajstić information content (AvgIpc) is 2.39. The number of nitrogens with one attached hydrogen (secondary N) is 1. The average molecular weight is 227 g/mol. The molecule has 0 radical (unpaired) electrons. The zero-order valence-electron chi connectivity index (χ0n) is 10.7. The maximum atomic E-state index is 3.62. The number of piperidine rings is 1. The lowest BCUT2D eigenvalue weighted by Crippen LogP contribution is -2.38.